The van der Waals surface area contributed by atoms with Gasteiger partial charge in [-0.2, -0.15) is 0 Å². The molecule has 0 aliphatic rings. The summed E-state index contributed by atoms with van der Waals surface area (Å²) < 4.78 is 23.6. The van der Waals surface area contributed by atoms with E-state index in [9.17, 15) is 9.18 Å². The van der Waals surface area contributed by atoms with Gasteiger partial charge in [0.1, 0.15) is 17.3 Å². The predicted octanol–water partition coefficient (Wildman–Crippen LogP) is 3.96. The molecule has 0 saturated carbocycles. The summed E-state index contributed by atoms with van der Waals surface area (Å²) in [6.45, 7) is 4.41. The van der Waals surface area contributed by atoms with Crippen molar-refractivity contribution in [3.05, 3.63) is 71.0 Å². The summed E-state index contributed by atoms with van der Waals surface area (Å²) >= 11 is 0. The molecule has 2 amide bonds. The predicted molar refractivity (Wildman–Crippen MR) is 100 cm³/mol. The van der Waals surface area contributed by atoms with Crippen LogP contribution < -0.4 is 10.1 Å². The number of amides is 2. The Kier molecular flexibility index (Phi) is 5.88. The molecular weight excluding hydrogens is 363 g/mol. The number of hydrogen-bond acceptors (Lipinski definition) is 5. The minimum atomic E-state index is -0.328. The summed E-state index contributed by atoms with van der Waals surface area (Å²) in [6, 6.07) is 8.97. The van der Waals surface area contributed by atoms with E-state index in [0.717, 1.165) is 16.8 Å². The van der Waals surface area contributed by atoms with Gasteiger partial charge in [-0.05, 0) is 43.7 Å². The Balaban J connectivity index is 1.51. The number of aryl methyl sites for hydroxylation is 2. The SMILES string of the molecule is Cc1noc(C)c1CN(C)C(=O)NCc1ccc(Oc2ccc(F)cc2)nc1. The molecule has 0 aliphatic heterocycles. The van der Waals surface area contributed by atoms with Crippen molar-refractivity contribution in [2.24, 2.45) is 0 Å². The summed E-state index contributed by atoms with van der Waals surface area (Å²) in [5.74, 6) is 1.26. The number of pyridine rings is 1. The van der Waals surface area contributed by atoms with Gasteiger partial charge in [-0.3, -0.25) is 0 Å². The Morgan fingerprint density at radius 2 is 1.96 bits per heavy atom. The van der Waals surface area contributed by atoms with E-state index in [1.165, 1.54) is 24.3 Å². The second kappa shape index (κ2) is 8.51. The van der Waals surface area contributed by atoms with Gasteiger partial charge >= 0.3 is 6.03 Å². The standard InChI is InChI=1S/C20H21FN4O3/c1-13-18(14(2)28-24-13)12-25(3)20(26)23-11-15-4-9-19(22-10-15)27-17-7-5-16(21)6-8-17/h4-10H,11-12H2,1-3H3,(H,23,26). The molecule has 2 aromatic heterocycles. The third kappa shape index (κ3) is 4.85. The van der Waals surface area contributed by atoms with Crippen LogP contribution in [-0.4, -0.2) is 28.1 Å². The van der Waals surface area contributed by atoms with Crippen molar-refractivity contribution < 1.29 is 18.4 Å². The molecule has 0 saturated heterocycles. The fourth-order valence-electron chi connectivity index (χ4n) is 2.55. The highest BCUT2D eigenvalue weighted by atomic mass is 19.1. The van der Waals surface area contributed by atoms with E-state index >= 15 is 0 Å². The number of ether oxygens (including phenoxy) is 1. The highest BCUT2D eigenvalue weighted by Crippen LogP contribution is 2.19. The number of rotatable bonds is 6. The van der Waals surface area contributed by atoms with Gasteiger partial charge in [0.05, 0.1) is 12.2 Å². The van der Waals surface area contributed by atoms with E-state index < -0.39 is 0 Å². The number of carbonyl (C=O) groups excluding carboxylic acids is 1. The lowest BCUT2D eigenvalue weighted by Gasteiger charge is -2.17. The first-order valence-electron chi connectivity index (χ1n) is 8.71. The normalized spacial score (nSPS) is 10.6. The zero-order valence-electron chi connectivity index (χ0n) is 15.9. The third-order valence-corrected chi connectivity index (χ3v) is 4.20. The first kappa shape index (κ1) is 19.3. The Morgan fingerprint density at radius 1 is 1.21 bits per heavy atom. The van der Waals surface area contributed by atoms with Crippen molar-refractivity contribution in [3.63, 3.8) is 0 Å². The third-order valence-electron chi connectivity index (χ3n) is 4.20. The van der Waals surface area contributed by atoms with Crippen molar-refractivity contribution in [1.29, 1.82) is 0 Å². The molecule has 3 aromatic rings. The Hall–Kier alpha value is -3.42. The van der Waals surface area contributed by atoms with Crippen LogP contribution >= 0.6 is 0 Å². The largest absolute Gasteiger partial charge is 0.439 e. The molecule has 28 heavy (non-hydrogen) atoms. The van der Waals surface area contributed by atoms with Crippen LogP contribution in [0.3, 0.4) is 0 Å². The average Bonchev–Trinajstić information content (AvgIpc) is 3.01. The maximum atomic E-state index is 12.9. The number of hydrogen-bond donors (Lipinski definition) is 1. The number of carbonyl (C=O) groups is 1. The highest BCUT2D eigenvalue weighted by molar-refractivity contribution is 5.73. The minimum absolute atomic E-state index is 0.216. The van der Waals surface area contributed by atoms with Crippen LogP contribution in [0.5, 0.6) is 11.6 Å². The minimum Gasteiger partial charge on any atom is -0.439 e. The number of nitrogens with one attached hydrogen (secondary N) is 1. The van der Waals surface area contributed by atoms with Gasteiger partial charge in [-0.25, -0.2) is 14.2 Å². The summed E-state index contributed by atoms with van der Waals surface area (Å²) in [5, 5.41) is 6.73. The zero-order chi connectivity index (χ0) is 20.1. The molecule has 7 nitrogen and oxygen atoms in total. The molecule has 3 rings (SSSR count). The summed E-state index contributed by atoms with van der Waals surface area (Å²) in [4.78, 5) is 18.1. The molecule has 1 aromatic carbocycles. The van der Waals surface area contributed by atoms with Crippen molar-refractivity contribution >= 4 is 6.03 Å². The van der Waals surface area contributed by atoms with Crippen LogP contribution in [0.2, 0.25) is 0 Å². The van der Waals surface area contributed by atoms with Crippen LogP contribution in [0, 0.1) is 19.7 Å². The van der Waals surface area contributed by atoms with Crippen LogP contribution in [0.25, 0.3) is 0 Å². The maximum absolute atomic E-state index is 12.9. The Bertz CT molecular complexity index is 920. The lowest BCUT2D eigenvalue weighted by Crippen LogP contribution is -2.36. The fourth-order valence-corrected chi connectivity index (χ4v) is 2.55. The van der Waals surface area contributed by atoms with Crippen molar-refractivity contribution in [1.82, 2.24) is 20.4 Å². The van der Waals surface area contributed by atoms with Gasteiger partial charge < -0.3 is 19.5 Å². The number of halogens is 1. The van der Waals surface area contributed by atoms with Crippen LogP contribution in [0.15, 0.2) is 47.1 Å². The number of benzene rings is 1. The molecule has 0 bridgehead atoms. The molecular formula is C20H21FN4O3. The Labute approximate surface area is 162 Å². The van der Waals surface area contributed by atoms with Crippen molar-refractivity contribution in [3.8, 4) is 11.6 Å². The molecule has 1 N–H and O–H groups in total. The van der Waals surface area contributed by atoms with E-state index in [0.29, 0.717) is 30.5 Å². The topological polar surface area (TPSA) is 80.5 Å². The zero-order valence-corrected chi connectivity index (χ0v) is 15.9. The first-order valence-corrected chi connectivity index (χ1v) is 8.71. The quantitative estimate of drug-likeness (QED) is 0.696. The monoisotopic (exact) mass is 384 g/mol. The van der Waals surface area contributed by atoms with Gasteiger partial charge in [-0.15, -0.1) is 0 Å². The van der Waals surface area contributed by atoms with Gasteiger partial charge in [0, 0.05) is 31.4 Å². The lowest BCUT2D eigenvalue weighted by atomic mass is 10.2. The van der Waals surface area contributed by atoms with Gasteiger partial charge in [0.25, 0.3) is 0 Å². The lowest BCUT2D eigenvalue weighted by molar-refractivity contribution is 0.206. The molecule has 2 heterocycles. The van der Waals surface area contributed by atoms with E-state index in [-0.39, 0.29) is 11.8 Å². The molecule has 8 heteroatoms. The average molecular weight is 384 g/mol. The second-order valence-corrected chi connectivity index (χ2v) is 6.38. The van der Waals surface area contributed by atoms with Gasteiger partial charge in [0.2, 0.25) is 5.88 Å². The molecule has 0 unspecified atom stereocenters. The molecule has 0 spiro atoms. The van der Waals surface area contributed by atoms with Gasteiger partial charge in [-0.1, -0.05) is 11.2 Å². The van der Waals surface area contributed by atoms with E-state index in [2.05, 4.69) is 15.5 Å². The smallest absolute Gasteiger partial charge is 0.317 e. The summed E-state index contributed by atoms with van der Waals surface area (Å²) in [5.41, 5.74) is 2.50. The number of aromatic nitrogens is 2. The summed E-state index contributed by atoms with van der Waals surface area (Å²) in [6.07, 6.45) is 1.62. The van der Waals surface area contributed by atoms with E-state index in [4.69, 9.17) is 9.26 Å². The van der Waals surface area contributed by atoms with Crippen LogP contribution in [0.1, 0.15) is 22.6 Å². The van der Waals surface area contributed by atoms with Crippen LogP contribution in [-0.2, 0) is 13.1 Å². The highest BCUT2D eigenvalue weighted by Gasteiger charge is 2.15. The fraction of sp³-hybridized carbons (Fsp3) is 0.250. The molecule has 0 fully saturated rings. The second-order valence-electron chi connectivity index (χ2n) is 6.38. The van der Waals surface area contributed by atoms with Crippen LogP contribution in [0.4, 0.5) is 9.18 Å². The number of nitrogens with zero attached hydrogens (tertiary/aromatic N) is 3. The van der Waals surface area contributed by atoms with Gasteiger partial charge in [0.15, 0.2) is 0 Å². The van der Waals surface area contributed by atoms with Crippen molar-refractivity contribution in [2.45, 2.75) is 26.9 Å². The molecule has 0 radical (unpaired) electrons. The van der Waals surface area contributed by atoms with Crippen molar-refractivity contribution in [2.75, 3.05) is 7.05 Å². The Morgan fingerprint density at radius 3 is 2.57 bits per heavy atom. The number of urea groups is 1. The summed E-state index contributed by atoms with van der Waals surface area (Å²) in [7, 11) is 1.71. The first-order chi connectivity index (χ1) is 13.4. The molecule has 0 aliphatic carbocycles. The molecule has 0 atom stereocenters. The van der Waals surface area contributed by atoms with E-state index in [1.54, 1.807) is 30.3 Å². The molecule has 146 valence electrons. The van der Waals surface area contributed by atoms with E-state index in [1.807, 2.05) is 13.8 Å². The maximum Gasteiger partial charge on any atom is 0.317 e.